The first-order chi connectivity index (χ1) is 34.4. The van der Waals surface area contributed by atoms with Gasteiger partial charge in [-0.3, -0.25) is 14.2 Å². The third kappa shape index (κ3) is 52.9. The summed E-state index contributed by atoms with van der Waals surface area (Å²) >= 11 is 0. The number of hydrogen-bond donors (Lipinski definition) is 1. The third-order valence-corrected chi connectivity index (χ3v) is 14.6. The lowest BCUT2D eigenvalue weighted by Gasteiger charge is -2.30. The maximum Gasteiger partial charge on any atom is 0.306 e. The molecule has 0 aliphatic rings. The van der Waals surface area contributed by atoms with Gasteiger partial charge in [0.1, 0.15) is 19.3 Å². The Hall–Kier alpha value is -1.77. The molecule has 0 aliphatic carbocycles. The summed E-state index contributed by atoms with van der Waals surface area (Å²) in [5.74, 6) is -0.608. The lowest BCUT2D eigenvalue weighted by molar-refractivity contribution is -0.870. The monoisotopic (exact) mass is 1020 g/mol. The molecular formula is C61H117N2O7P. The standard InChI is InChI=1S/C61H117N2O7P/c1-7-10-13-16-19-22-25-27-28-29-30-31-32-33-34-36-38-41-44-47-50-53-60(64)62-58(57-69-71(66,67)68-56-55-63(4,5)6)59(52-49-46-43-40-37-24-21-18-15-12-9-3)70-61(65)54-51-48-45-42-39-35-26-23-20-17-14-11-8-2/h35,39,45,48-49,52,58-59H,7-34,36-38,40-44,46-47,50-51,53-57H2,1-6H3,(H-,62,64,66,67)/b39-35-,48-45+,52-49+. The average molecular weight is 1020 g/mol. The number of likely N-dealkylation sites (N-methyl/N-ethyl adjacent to an activating group) is 1. The average Bonchev–Trinajstić information content (AvgIpc) is 3.33. The molecule has 10 heteroatoms. The minimum Gasteiger partial charge on any atom is -0.756 e. The van der Waals surface area contributed by atoms with Crippen LogP contribution in [-0.4, -0.2) is 69.4 Å². The van der Waals surface area contributed by atoms with Crippen molar-refractivity contribution < 1.29 is 37.3 Å². The van der Waals surface area contributed by atoms with Crippen LogP contribution in [0.4, 0.5) is 0 Å². The van der Waals surface area contributed by atoms with Gasteiger partial charge in [0, 0.05) is 12.8 Å². The van der Waals surface area contributed by atoms with Gasteiger partial charge < -0.3 is 28.5 Å². The molecule has 71 heavy (non-hydrogen) atoms. The van der Waals surface area contributed by atoms with E-state index in [1.54, 1.807) is 0 Å². The van der Waals surface area contributed by atoms with Crippen molar-refractivity contribution in [2.24, 2.45) is 0 Å². The van der Waals surface area contributed by atoms with Gasteiger partial charge in [-0.05, 0) is 51.0 Å². The molecule has 3 unspecified atom stereocenters. The van der Waals surface area contributed by atoms with Crippen LogP contribution in [0.25, 0.3) is 0 Å². The second-order valence-electron chi connectivity index (χ2n) is 21.9. The van der Waals surface area contributed by atoms with E-state index in [1.807, 2.05) is 39.4 Å². The van der Waals surface area contributed by atoms with Gasteiger partial charge in [0.2, 0.25) is 5.91 Å². The number of phosphoric ester groups is 1. The van der Waals surface area contributed by atoms with Crippen LogP contribution in [0.5, 0.6) is 0 Å². The molecule has 1 N–H and O–H groups in total. The number of allylic oxidation sites excluding steroid dienone is 5. The van der Waals surface area contributed by atoms with Crippen LogP contribution in [0.2, 0.25) is 0 Å². The van der Waals surface area contributed by atoms with E-state index in [2.05, 4.69) is 44.3 Å². The second kappa shape index (κ2) is 51.7. The van der Waals surface area contributed by atoms with Crippen molar-refractivity contribution in [3.8, 4) is 0 Å². The Kier molecular flexibility index (Phi) is 50.4. The van der Waals surface area contributed by atoms with E-state index in [0.29, 0.717) is 23.9 Å². The predicted molar refractivity (Wildman–Crippen MR) is 303 cm³/mol. The first-order valence-corrected chi connectivity index (χ1v) is 31.8. The molecule has 0 rings (SSSR count). The summed E-state index contributed by atoms with van der Waals surface area (Å²) in [6.45, 7) is 6.82. The van der Waals surface area contributed by atoms with Gasteiger partial charge in [-0.1, -0.05) is 263 Å². The minimum atomic E-state index is -4.70. The highest BCUT2D eigenvalue weighted by Gasteiger charge is 2.27. The fourth-order valence-electron chi connectivity index (χ4n) is 8.87. The molecule has 0 fully saturated rings. The van der Waals surface area contributed by atoms with Gasteiger partial charge in [-0.15, -0.1) is 0 Å². The van der Waals surface area contributed by atoms with Crippen molar-refractivity contribution in [2.75, 3.05) is 40.9 Å². The maximum absolute atomic E-state index is 13.5. The number of ether oxygens (including phenoxy) is 1. The molecule has 0 aromatic heterocycles. The van der Waals surface area contributed by atoms with Crippen molar-refractivity contribution in [3.63, 3.8) is 0 Å². The van der Waals surface area contributed by atoms with Crippen LogP contribution in [0.3, 0.4) is 0 Å². The largest absolute Gasteiger partial charge is 0.756 e. The van der Waals surface area contributed by atoms with Gasteiger partial charge in [-0.2, -0.15) is 0 Å². The van der Waals surface area contributed by atoms with E-state index in [-0.39, 0.29) is 18.9 Å². The highest BCUT2D eigenvalue weighted by atomic mass is 31.2. The van der Waals surface area contributed by atoms with Crippen molar-refractivity contribution in [1.29, 1.82) is 0 Å². The molecule has 0 spiro atoms. The first kappa shape index (κ1) is 69.2. The fraction of sp³-hybridized carbons (Fsp3) is 0.869. The molecule has 0 aliphatic heterocycles. The fourth-order valence-corrected chi connectivity index (χ4v) is 9.59. The Balaban J connectivity index is 5.20. The SMILES string of the molecule is CCCCCCCC/C=C\C/C=C/CCC(=O)OC(/C=C/CCCCCCCCCCC)C(COP(=O)([O-])OCC[N+](C)(C)C)NC(=O)CCCCCCCCCCCCCCCCCCCCCCC. The van der Waals surface area contributed by atoms with Crippen LogP contribution < -0.4 is 10.2 Å². The third-order valence-electron chi connectivity index (χ3n) is 13.6. The van der Waals surface area contributed by atoms with Gasteiger partial charge in [0.25, 0.3) is 7.82 Å². The van der Waals surface area contributed by atoms with Crippen LogP contribution in [0.1, 0.15) is 290 Å². The summed E-state index contributed by atoms with van der Waals surface area (Å²) in [5, 5.41) is 3.01. The van der Waals surface area contributed by atoms with E-state index in [1.165, 1.54) is 199 Å². The zero-order valence-corrected chi connectivity index (χ0v) is 48.6. The number of carbonyl (C=O) groups excluding carboxylic acids is 2. The van der Waals surface area contributed by atoms with E-state index in [9.17, 15) is 19.0 Å². The molecular weight excluding hydrogens is 904 g/mol. The number of hydrogen-bond acceptors (Lipinski definition) is 7. The number of rotatable bonds is 55. The lowest BCUT2D eigenvalue weighted by Crippen LogP contribution is -2.47. The van der Waals surface area contributed by atoms with Gasteiger partial charge >= 0.3 is 5.97 Å². The highest BCUT2D eigenvalue weighted by Crippen LogP contribution is 2.38. The second-order valence-corrected chi connectivity index (χ2v) is 23.3. The Morgan fingerprint density at radius 2 is 0.873 bits per heavy atom. The van der Waals surface area contributed by atoms with E-state index in [4.69, 9.17) is 13.8 Å². The highest BCUT2D eigenvalue weighted by molar-refractivity contribution is 7.45. The summed E-state index contributed by atoms with van der Waals surface area (Å²) in [4.78, 5) is 39.8. The Morgan fingerprint density at radius 1 is 0.493 bits per heavy atom. The number of unbranched alkanes of at least 4 members (excludes halogenated alkanes) is 35. The van der Waals surface area contributed by atoms with Crippen molar-refractivity contribution in [1.82, 2.24) is 5.32 Å². The van der Waals surface area contributed by atoms with Gasteiger partial charge in [-0.25, -0.2) is 0 Å². The normalized spacial score (nSPS) is 14.0. The maximum atomic E-state index is 13.5. The molecule has 0 aromatic carbocycles. The Bertz CT molecular complexity index is 1310. The molecule has 418 valence electrons. The number of amides is 1. The van der Waals surface area contributed by atoms with Crippen LogP contribution in [-0.2, 0) is 27.9 Å². The summed E-state index contributed by atoms with van der Waals surface area (Å²) in [6, 6.07) is -0.905. The number of quaternary nitrogens is 1. The van der Waals surface area contributed by atoms with Gasteiger partial charge in [0.15, 0.2) is 0 Å². The van der Waals surface area contributed by atoms with Crippen molar-refractivity contribution >= 4 is 19.7 Å². The molecule has 3 atom stereocenters. The molecule has 9 nitrogen and oxygen atoms in total. The Morgan fingerprint density at radius 3 is 1.30 bits per heavy atom. The molecule has 0 radical (unpaired) electrons. The molecule has 0 aromatic rings. The summed E-state index contributed by atoms with van der Waals surface area (Å²) < 4.78 is 30.2. The number of carbonyl (C=O) groups is 2. The van der Waals surface area contributed by atoms with E-state index in [0.717, 1.165) is 51.4 Å². The first-order valence-electron chi connectivity index (χ1n) is 30.3. The Labute approximate surface area is 440 Å². The van der Waals surface area contributed by atoms with E-state index < -0.39 is 32.5 Å². The summed E-state index contributed by atoms with van der Waals surface area (Å²) in [5.41, 5.74) is 0. The van der Waals surface area contributed by atoms with Gasteiger partial charge in [0.05, 0.1) is 33.8 Å². The quantitative estimate of drug-likeness (QED) is 0.0212. The number of nitrogens with one attached hydrogen (secondary N) is 1. The number of phosphoric acid groups is 1. The molecule has 0 bridgehead atoms. The smallest absolute Gasteiger partial charge is 0.306 e. The number of esters is 1. The zero-order chi connectivity index (χ0) is 52.2. The van der Waals surface area contributed by atoms with Crippen LogP contribution in [0.15, 0.2) is 36.5 Å². The molecule has 0 saturated carbocycles. The number of nitrogens with zero attached hydrogens (tertiary/aromatic N) is 1. The summed E-state index contributed by atoms with van der Waals surface area (Å²) in [6.07, 6.45) is 61.3. The lowest BCUT2D eigenvalue weighted by atomic mass is 10.0. The summed E-state index contributed by atoms with van der Waals surface area (Å²) in [7, 11) is 1.17. The minimum absolute atomic E-state index is 0.0275. The zero-order valence-electron chi connectivity index (χ0n) is 47.7. The predicted octanol–water partition coefficient (Wildman–Crippen LogP) is 17.7. The topological polar surface area (TPSA) is 114 Å². The molecule has 1 amide bonds. The molecule has 0 heterocycles. The van der Waals surface area contributed by atoms with Crippen LogP contribution >= 0.6 is 7.82 Å². The van der Waals surface area contributed by atoms with Crippen LogP contribution in [0, 0.1) is 0 Å². The van der Waals surface area contributed by atoms with E-state index >= 15 is 0 Å². The van der Waals surface area contributed by atoms with Crippen molar-refractivity contribution in [2.45, 2.75) is 303 Å². The molecule has 0 saturated heterocycles. The van der Waals surface area contributed by atoms with Crippen molar-refractivity contribution in [3.05, 3.63) is 36.5 Å².